The minimum absolute atomic E-state index is 0.633. The Morgan fingerprint density at radius 1 is 1.10 bits per heavy atom. The highest BCUT2D eigenvalue weighted by Crippen LogP contribution is 2.52. The maximum Gasteiger partial charge on any atom is -0.00119 e. The third kappa shape index (κ3) is 2.65. The number of hydrogen-bond acceptors (Lipinski definition) is 1. The molecule has 0 aromatic heterocycles. The fourth-order valence-corrected chi connectivity index (χ4v) is 4.99. The zero-order chi connectivity index (χ0) is 13.8. The van der Waals surface area contributed by atoms with E-state index in [2.05, 4.69) is 42.6 Å². The van der Waals surface area contributed by atoms with E-state index < -0.39 is 0 Å². The summed E-state index contributed by atoms with van der Waals surface area (Å²) in [5.41, 5.74) is 2.16. The van der Waals surface area contributed by atoms with Crippen LogP contribution in [0.5, 0.6) is 0 Å². The average Bonchev–Trinajstić information content (AvgIpc) is 2.51. The lowest BCUT2D eigenvalue weighted by Crippen LogP contribution is -2.51. The second-order valence-electron chi connectivity index (χ2n) is 6.92. The Balaban J connectivity index is 1.82. The van der Waals surface area contributed by atoms with Gasteiger partial charge in [-0.25, -0.2) is 0 Å². The minimum Gasteiger partial charge on any atom is -0.316 e. The molecular weight excluding hydrogens is 242 g/mol. The summed E-state index contributed by atoms with van der Waals surface area (Å²) >= 11 is 0. The topological polar surface area (TPSA) is 12.0 Å². The zero-order valence-electron chi connectivity index (χ0n) is 12.9. The van der Waals surface area contributed by atoms with Crippen LogP contribution in [0, 0.1) is 17.3 Å². The molecule has 3 atom stereocenters. The number of nitrogens with one attached hydrogen (secondary N) is 1. The summed E-state index contributed by atoms with van der Waals surface area (Å²) in [6.07, 6.45) is 9.93. The largest absolute Gasteiger partial charge is 0.316 e. The molecule has 1 aliphatic carbocycles. The van der Waals surface area contributed by atoms with Crippen molar-refractivity contribution in [3.8, 4) is 0 Å². The molecule has 1 aromatic rings. The van der Waals surface area contributed by atoms with E-state index in [-0.39, 0.29) is 0 Å². The number of piperidine rings is 1. The maximum atomic E-state index is 3.67. The molecule has 2 fully saturated rings. The summed E-state index contributed by atoms with van der Waals surface area (Å²) in [5.74, 6) is 1.80. The molecule has 3 unspecified atom stereocenters. The summed E-state index contributed by atoms with van der Waals surface area (Å²) in [6.45, 7) is 4.88. The highest BCUT2D eigenvalue weighted by Gasteiger charge is 2.46. The average molecular weight is 271 g/mol. The summed E-state index contributed by atoms with van der Waals surface area (Å²) in [7, 11) is 0. The Hall–Kier alpha value is -0.820. The summed E-state index contributed by atoms with van der Waals surface area (Å²) in [4.78, 5) is 0. The molecule has 2 aliphatic rings. The van der Waals surface area contributed by atoms with Crippen molar-refractivity contribution in [3.05, 3.63) is 35.9 Å². The smallest absolute Gasteiger partial charge is 0.00119 e. The Kier molecular flexibility index (Phi) is 4.45. The third-order valence-electron chi connectivity index (χ3n) is 6.05. The van der Waals surface area contributed by atoms with E-state index in [0.29, 0.717) is 5.41 Å². The van der Waals surface area contributed by atoms with Crippen molar-refractivity contribution in [2.24, 2.45) is 17.3 Å². The van der Waals surface area contributed by atoms with Gasteiger partial charge in [0.2, 0.25) is 0 Å². The lowest BCUT2D eigenvalue weighted by molar-refractivity contribution is -0.00561. The first-order valence-corrected chi connectivity index (χ1v) is 8.60. The van der Waals surface area contributed by atoms with Crippen LogP contribution in [-0.4, -0.2) is 13.1 Å². The number of rotatable bonds is 3. The molecule has 110 valence electrons. The summed E-state index contributed by atoms with van der Waals surface area (Å²) in [6, 6.07) is 11.1. The first-order chi connectivity index (χ1) is 9.85. The Bertz CT molecular complexity index is 407. The molecule has 1 aliphatic heterocycles. The molecule has 1 heteroatoms. The van der Waals surface area contributed by atoms with Gasteiger partial charge in [0.1, 0.15) is 0 Å². The van der Waals surface area contributed by atoms with Gasteiger partial charge in [-0.15, -0.1) is 0 Å². The molecule has 1 saturated heterocycles. The molecule has 1 spiro atoms. The van der Waals surface area contributed by atoms with Gasteiger partial charge in [-0.05, 0) is 61.6 Å². The van der Waals surface area contributed by atoms with Gasteiger partial charge < -0.3 is 5.32 Å². The van der Waals surface area contributed by atoms with Gasteiger partial charge in [-0.1, -0.05) is 56.5 Å². The SMILES string of the molecule is CCC1CCCCC12CCNCC2Cc1ccccc1. The van der Waals surface area contributed by atoms with E-state index >= 15 is 0 Å². The van der Waals surface area contributed by atoms with Crippen LogP contribution in [0.2, 0.25) is 0 Å². The van der Waals surface area contributed by atoms with Gasteiger partial charge >= 0.3 is 0 Å². The predicted molar refractivity (Wildman–Crippen MR) is 85.8 cm³/mol. The lowest BCUT2D eigenvalue weighted by Gasteiger charge is -2.52. The van der Waals surface area contributed by atoms with Crippen LogP contribution in [0.25, 0.3) is 0 Å². The predicted octanol–water partition coefficient (Wildman–Crippen LogP) is 4.43. The van der Waals surface area contributed by atoms with Gasteiger partial charge in [0.05, 0.1) is 0 Å². The van der Waals surface area contributed by atoms with Crippen molar-refractivity contribution in [2.75, 3.05) is 13.1 Å². The van der Waals surface area contributed by atoms with E-state index in [9.17, 15) is 0 Å². The molecular formula is C19H29N. The van der Waals surface area contributed by atoms with Gasteiger partial charge in [-0.2, -0.15) is 0 Å². The van der Waals surface area contributed by atoms with E-state index in [1.54, 1.807) is 0 Å². The second-order valence-corrected chi connectivity index (χ2v) is 6.92. The monoisotopic (exact) mass is 271 g/mol. The molecule has 1 nitrogen and oxygen atoms in total. The van der Waals surface area contributed by atoms with Crippen LogP contribution < -0.4 is 5.32 Å². The fourth-order valence-electron chi connectivity index (χ4n) is 4.99. The summed E-state index contributed by atoms with van der Waals surface area (Å²) in [5, 5.41) is 3.67. The van der Waals surface area contributed by atoms with Gasteiger partial charge in [-0.3, -0.25) is 0 Å². The maximum absolute atomic E-state index is 3.67. The standard InChI is InChI=1S/C19H29N/c1-2-17-10-6-7-11-19(17)12-13-20-15-18(19)14-16-8-4-3-5-9-16/h3-5,8-9,17-18,20H,2,6-7,10-15H2,1H3. The molecule has 1 N–H and O–H groups in total. The molecule has 1 heterocycles. The fraction of sp³-hybridized carbons (Fsp3) is 0.684. The highest BCUT2D eigenvalue weighted by molar-refractivity contribution is 5.17. The molecule has 0 amide bonds. The molecule has 20 heavy (non-hydrogen) atoms. The van der Waals surface area contributed by atoms with E-state index in [1.807, 2.05) is 0 Å². The highest BCUT2D eigenvalue weighted by atomic mass is 14.9. The van der Waals surface area contributed by atoms with Crippen LogP contribution in [0.15, 0.2) is 30.3 Å². The Labute approximate surface area is 124 Å². The van der Waals surface area contributed by atoms with Gasteiger partial charge in [0.15, 0.2) is 0 Å². The van der Waals surface area contributed by atoms with Crippen LogP contribution in [0.1, 0.15) is 51.0 Å². The van der Waals surface area contributed by atoms with Crippen molar-refractivity contribution in [2.45, 2.75) is 51.9 Å². The zero-order valence-corrected chi connectivity index (χ0v) is 12.9. The number of hydrogen-bond donors (Lipinski definition) is 1. The second kappa shape index (κ2) is 6.30. The van der Waals surface area contributed by atoms with E-state index in [0.717, 1.165) is 11.8 Å². The molecule has 3 rings (SSSR count). The Morgan fingerprint density at radius 2 is 1.95 bits per heavy atom. The van der Waals surface area contributed by atoms with Crippen molar-refractivity contribution in [3.63, 3.8) is 0 Å². The molecule has 1 saturated carbocycles. The molecule has 0 radical (unpaired) electrons. The molecule has 1 aromatic carbocycles. The van der Waals surface area contributed by atoms with E-state index in [4.69, 9.17) is 0 Å². The summed E-state index contributed by atoms with van der Waals surface area (Å²) < 4.78 is 0. The lowest BCUT2D eigenvalue weighted by atomic mass is 9.55. The van der Waals surface area contributed by atoms with Crippen molar-refractivity contribution in [1.29, 1.82) is 0 Å². The third-order valence-corrected chi connectivity index (χ3v) is 6.05. The van der Waals surface area contributed by atoms with Crippen LogP contribution >= 0.6 is 0 Å². The Morgan fingerprint density at radius 3 is 2.75 bits per heavy atom. The van der Waals surface area contributed by atoms with Crippen molar-refractivity contribution >= 4 is 0 Å². The first kappa shape index (κ1) is 14.1. The quantitative estimate of drug-likeness (QED) is 0.858. The minimum atomic E-state index is 0.633. The van der Waals surface area contributed by atoms with Crippen molar-refractivity contribution in [1.82, 2.24) is 5.32 Å². The van der Waals surface area contributed by atoms with Gasteiger partial charge in [0, 0.05) is 0 Å². The van der Waals surface area contributed by atoms with Crippen molar-refractivity contribution < 1.29 is 0 Å². The number of benzene rings is 1. The first-order valence-electron chi connectivity index (χ1n) is 8.60. The van der Waals surface area contributed by atoms with Crippen LogP contribution in [-0.2, 0) is 6.42 Å². The van der Waals surface area contributed by atoms with Crippen LogP contribution in [0.4, 0.5) is 0 Å². The molecule has 0 bridgehead atoms. The van der Waals surface area contributed by atoms with Crippen LogP contribution in [0.3, 0.4) is 0 Å². The van der Waals surface area contributed by atoms with Gasteiger partial charge in [0.25, 0.3) is 0 Å². The van der Waals surface area contributed by atoms with E-state index in [1.165, 1.54) is 63.6 Å². The normalized spacial score (nSPS) is 34.2.